The summed E-state index contributed by atoms with van der Waals surface area (Å²) in [6.07, 6.45) is 1.45. The number of benzene rings is 1. The first-order valence-electron chi connectivity index (χ1n) is 7.67. The van der Waals surface area contributed by atoms with Gasteiger partial charge in [0, 0.05) is 39.0 Å². The average molecular weight is 384 g/mol. The number of methoxy groups -OCH3 is 1. The Bertz CT molecular complexity index is 696. The van der Waals surface area contributed by atoms with Crippen molar-refractivity contribution in [1.82, 2.24) is 15.6 Å². The van der Waals surface area contributed by atoms with Gasteiger partial charge in [-0.25, -0.2) is 4.98 Å². The standard InChI is InChI=1S/C17H19Cl2N3O3/c1-24-10-9-20-7-8-21-17(23)12-5-6-15(22-11-12)25-14-4-2-3-13(18)16(14)19/h2-6,11,20H,7-10H2,1H3,(H,21,23). The Morgan fingerprint density at radius 3 is 2.72 bits per heavy atom. The predicted octanol–water partition coefficient (Wildman–Crippen LogP) is 3.15. The average Bonchev–Trinajstić information content (AvgIpc) is 2.62. The minimum atomic E-state index is -0.201. The molecule has 0 fully saturated rings. The molecule has 6 nitrogen and oxygen atoms in total. The topological polar surface area (TPSA) is 72.5 Å². The molecule has 0 aliphatic carbocycles. The number of nitrogens with zero attached hydrogens (tertiary/aromatic N) is 1. The molecule has 1 aromatic carbocycles. The van der Waals surface area contributed by atoms with Gasteiger partial charge >= 0.3 is 0 Å². The number of halogens is 2. The fraction of sp³-hybridized carbons (Fsp3) is 0.294. The van der Waals surface area contributed by atoms with E-state index >= 15 is 0 Å². The number of rotatable bonds is 9. The molecule has 0 spiro atoms. The molecule has 8 heteroatoms. The molecule has 0 aliphatic heterocycles. The van der Waals surface area contributed by atoms with E-state index in [9.17, 15) is 4.79 Å². The van der Waals surface area contributed by atoms with Crippen LogP contribution < -0.4 is 15.4 Å². The molecule has 0 saturated carbocycles. The molecular weight excluding hydrogens is 365 g/mol. The maximum absolute atomic E-state index is 12.0. The van der Waals surface area contributed by atoms with E-state index < -0.39 is 0 Å². The molecule has 0 atom stereocenters. The number of aromatic nitrogens is 1. The Labute approximate surface area is 156 Å². The Morgan fingerprint density at radius 1 is 1.16 bits per heavy atom. The second kappa shape index (κ2) is 10.2. The summed E-state index contributed by atoms with van der Waals surface area (Å²) in [6, 6.07) is 8.32. The zero-order chi connectivity index (χ0) is 18.1. The lowest BCUT2D eigenvalue weighted by Gasteiger charge is -2.09. The molecule has 2 rings (SSSR count). The Balaban J connectivity index is 1.84. The summed E-state index contributed by atoms with van der Waals surface area (Å²) in [7, 11) is 1.64. The molecule has 134 valence electrons. The van der Waals surface area contributed by atoms with Crippen molar-refractivity contribution >= 4 is 29.1 Å². The highest BCUT2D eigenvalue weighted by atomic mass is 35.5. The maximum atomic E-state index is 12.0. The van der Waals surface area contributed by atoms with Gasteiger partial charge in [0.25, 0.3) is 5.91 Å². The third kappa shape index (κ3) is 6.17. The molecule has 2 N–H and O–H groups in total. The van der Waals surface area contributed by atoms with Crippen LogP contribution in [-0.2, 0) is 4.74 Å². The monoisotopic (exact) mass is 383 g/mol. The van der Waals surface area contributed by atoms with Gasteiger partial charge in [0.05, 0.1) is 17.2 Å². The third-order valence-corrected chi connectivity index (χ3v) is 4.00. The highest BCUT2D eigenvalue weighted by molar-refractivity contribution is 6.42. The van der Waals surface area contributed by atoms with Crippen LogP contribution in [0.4, 0.5) is 0 Å². The maximum Gasteiger partial charge on any atom is 0.252 e. The van der Waals surface area contributed by atoms with Crippen molar-refractivity contribution in [3.05, 3.63) is 52.1 Å². The lowest BCUT2D eigenvalue weighted by molar-refractivity contribution is 0.0953. The van der Waals surface area contributed by atoms with Gasteiger partial charge in [-0.2, -0.15) is 0 Å². The van der Waals surface area contributed by atoms with E-state index in [2.05, 4.69) is 15.6 Å². The summed E-state index contributed by atoms with van der Waals surface area (Å²) >= 11 is 12.0. The van der Waals surface area contributed by atoms with Crippen LogP contribution in [0, 0.1) is 0 Å². The van der Waals surface area contributed by atoms with E-state index in [-0.39, 0.29) is 5.91 Å². The number of amides is 1. The lowest BCUT2D eigenvalue weighted by Crippen LogP contribution is -2.33. The Hall–Kier alpha value is -1.86. The summed E-state index contributed by atoms with van der Waals surface area (Å²) in [6.45, 7) is 2.55. The van der Waals surface area contributed by atoms with Gasteiger partial charge in [-0.05, 0) is 18.2 Å². The van der Waals surface area contributed by atoms with E-state index in [0.29, 0.717) is 46.9 Å². The van der Waals surface area contributed by atoms with Crippen LogP contribution >= 0.6 is 23.2 Å². The van der Waals surface area contributed by atoms with Crippen molar-refractivity contribution in [3.63, 3.8) is 0 Å². The number of pyridine rings is 1. The molecule has 1 heterocycles. The molecule has 2 aromatic rings. The number of nitrogens with one attached hydrogen (secondary N) is 2. The minimum Gasteiger partial charge on any atom is -0.437 e. The van der Waals surface area contributed by atoms with Gasteiger partial charge in [0.2, 0.25) is 5.88 Å². The quantitative estimate of drug-likeness (QED) is 0.650. The van der Waals surface area contributed by atoms with Gasteiger partial charge in [0.15, 0.2) is 0 Å². The number of carbonyl (C=O) groups is 1. The molecular formula is C17H19Cl2N3O3. The van der Waals surface area contributed by atoms with Crippen molar-refractivity contribution in [2.75, 3.05) is 33.4 Å². The predicted molar refractivity (Wildman–Crippen MR) is 97.9 cm³/mol. The molecule has 25 heavy (non-hydrogen) atoms. The van der Waals surface area contributed by atoms with Crippen LogP contribution in [0.5, 0.6) is 11.6 Å². The first-order valence-corrected chi connectivity index (χ1v) is 8.43. The summed E-state index contributed by atoms with van der Waals surface area (Å²) in [4.78, 5) is 16.1. The number of hydrogen-bond donors (Lipinski definition) is 2. The van der Waals surface area contributed by atoms with E-state index in [0.717, 1.165) is 6.54 Å². The Kier molecular flexibility index (Phi) is 7.94. The fourth-order valence-electron chi connectivity index (χ4n) is 1.92. The summed E-state index contributed by atoms with van der Waals surface area (Å²) in [5.41, 5.74) is 0.446. The van der Waals surface area contributed by atoms with Crippen LogP contribution in [-0.4, -0.2) is 44.2 Å². The summed E-state index contributed by atoms with van der Waals surface area (Å²) in [5, 5.41) is 6.65. The molecule has 0 saturated heterocycles. The number of carbonyl (C=O) groups excluding carboxylic acids is 1. The van der Waals surface area contributed by atoms with Gasteiger partial charge in [0.1, 0.15) is 10.8 Å². The number of hydrogen-bond acceptors (Lipinski definition) is 5. The summed E-state index contributed by atoms with van der Waals surface area (Å²) in [5.74, 6) is 0.524. The van der Waals surface area contributed by atoms with Crippen molar-refractivity contribution in [1.29, 1.82) is 0 Å². The number of ether oxygens (including phenoxy) is 2. The highest BCUT2D eigenvalue weighted by Crippen LogP contribution is 2.33. The van der Waals surface area contributed by atoms with E-state index in [1.807, 2.05) is 0 Å². The van der Waals surface area contributed by atoms with E-state index in [4.69, 9.17) is 32.7 Å². The highest BCUT2D eigenvalue weighted by Gasteiger charge is 2.09. The molecule has 0 radical (unpaired) electrons. The SMILES string of the molecule is COCCNCCNC(=O)c1ccc(Oc2cccc(Cl)c2Cl)nc1. The van der Waals surface area contributed by atoms with Crippen molar-refractivity contribution < 1.29 is 14.3 Å². The van der Waals surface area contributed by atoms with Gasteiger partial charge in [-0.3, -0.25) is 4.79 Å². The molecule has 0 bridgehead atoms. The van der Waals surface area contributed by atoms with Crippen LogP contribution in [0.15, 0.2) is 36.5 Å². The zero-order valence-electron chi connectivity index (χ0n) is 13.7. The molecule has 0 unspecified atom stereocenters. The molecule has 1 amide bonds. The van der Waals surface area contributed by atoms with Crippen LogP contribution in [0.2, 0.25) is 10.0 Å². The van der Waals surface area contributed by atoms with Gasteiger partial charge in [-0.1, -0.05) is 29.3 Å². The van der Waals surface area contributed by atoms with E-state index in [1.165, 1.54) is 6.20 Å². The fourth-order valence-corrected chi connectivity index (χ4v) is 2.25. The first-order chi connectivity index (χ1) is 12.1. The third-order valence-electron chi connectivity index (χ3n) is 3.20. The van der Waals surface area contributed by atoms with E-state index in [1.54, 1.807) is 37.4 Å². The van der Waals surface area contributed by atoms with Crippen molar-refractivity contribution in [2.24, 2.45) is 0 Å². The van der Waals surface area contributed by atoms with Crippen LogP contribution in [0.25, 0.3) is 0 Å². The van der Waals surface area contributed by atoms with Gasteiger partial charge in [-0.15, -0.1) is 0 Å². The second-order valence-electron chi connectivity index (χ2n) is 5.04. The molecule has 0 aliphatic rings. The second-order valence-corrected chi connectivity index (χ2v) is 5.82. The Morgan fingerprint density at radius 2 is 2.00 bits per heavy atom. The van der Waals surface area contributed by atoms with Gasteiger partial charge < -0.3 is 20.1 Å². The lowest BCUT2D eigenvalue weighted by atomic mass is 10.2. The normalized spacial score (nSPS) is 10.5. The van der Waals surface area contributed by atoms with Crippen molar-refractivity contribution in [3.8, 4) is 11.6 Å². The smallest absolute Gasteiger partial charge is 0.252 e. The zero-order valence-corrected chi connectivity index (χ0v) is 15.2. The first kappa shape index (κ1) is 19.5. The largest absolute Gasteiger partial charge is 0.437 e. The summed E-state index contributed by atoms with van der Waals surface area (Å²) < 4.78 is 10.5. The minimum absolute atomic E-state index is 0.201. The molecule has 1 aromatic heterocycles. The van der Waals surface area contributed by atoms with Crippen LogP contribution in [0.3, 0.4) is 0 Å². The van der Waals surface area contributed by atoms with Crippen LogP contribution in [0.1, 0.15) is 10.4 Å². The van der Waals surface area contributed by atoms with Crippen molar-refractivity contribution in [2.45, 2.75) is 0 Å².